The number of carbonyl (C=O) groups excluding carboxylic acids is 1. The van der Waals surface area contributed by atoms with E-state index in [1.165, 1.54) is 6.08 Å². The predicted molar refractivity (Wildman–Crippen MR) is 58.2 cm³/mol. The van der Waals surface area contributed by atoms with Crippen LogP contribution < -0.4 is 0 Å². The summed E-state index contributed by atoms with van der Waals surface area (Å²) in [6.45, 7) is 3.41. The maximum absolute atomic E-state index is 11.2. The molecule has 0 heterocycles. The molecule has 15 heavy (non-hydrogen) atoms. The molecule has 0 N–H and O–H groups in total. The third-order valence-corrected chi connectivity index (χ3v) is 2.59. The second-order valence-electron chi connectivity index (χ2n) is 3.81. The maximum atomic E-state index is 11.2. The summed E-state index contributed by atoms with van der Waals surface area (Å²) in [5, 5.41) is 0. The van der Waals surface area contributed by atoms with Gasteiger partial charge >= 0.3 is 5.97 Å². The molecule has 1 unspecified atom stereocenters. The van der Waals surface area contributed by atoms with Crippen LogP contribution in [0.5, 0.6) is 0 Å². The fourth-order valence-electron chi connectivity index (χ4n) is 1.65. The second kappa shape index (κ2) is 4.30. The minimum absolute atomic E-state index is 0.0864. The van der Waals surface area contributed by atoms with Gasteiger partial charge in [-0.25, -0.2) is 4.79 Å². The summed E-state index contributed by atoms with van der Waals surface area (Å²) in [5.74, 6) is 0.159. The molecule has 0 aromatic heterocycles. The molecule has 1 aliphatic rings. The van der Waals surface area contributed by atoms with Gasteiger partial charge in [0, 0.05) is 12.0 Å². The van der Waals surface area contributed by atoms with E-state index < -0.39 is 0 Å². The molecule has 1 aromatic rings. The average Bonchev–Trinajstić information content (AvgIpc) is 3.10. The van der Waals surface area contributed by atoms with Crippen LogP contribution in [0.4, 0.5) is 0 Å². The van der Waals surface area contributed by atoms with Crippen LogP contribution in [0.1, 0.15) is 24.5 Å². The van der Waals surface area contributed by atoms with E-state index in [1.807, 2.05) is 30.3 Å². The number of hydrogen-bond donors (Lipinski definition) is 0. The zero-order chi connectivity index (χ0) is 10.7. The Morgan fingerprint density at radius 1 is 1.40 bits per heavy atom. The third-order valence-electron chi connectivity index (χ3n) is 2.59. The summed E-state index contributed by atoms with van der Waals surface area (Å²) in [6.07, 6.45) is 3.42. The van der Waals surface area contributed by atoms with Crippen molar-refractivity contribution in [1.29, 1.82) is 0 Å². The van der Waals surface area contributed by atoms with Gasteiger partial charge in [-0.1, -0.05) is 36.9 Å². The van der Waals surface area contributed by atoms with E-state index in [1.54, 1.807) is 0 Å². The topological polar surface area (TPSA) is 26.3 Å². The third kappa shape index (κ3) is 2.46. The van der Waals surface area contributed by atoms with Crippen LogP contribution in [-0.2, 0) is 9.53 Å². The summed E-state index contributed by atoms with van der Waals surface area (Å²) in [5.41, 5.74) is 1.08. The molecule has 0 aliphatic heterocycles. The molecule has 0 radical (unpaired) electrons. The maximum Gasteiger partial charge on any atom is 0.330 e. The molecule has 2 rings (SSSR count). The van der Waals surface area contributed by atoms with Crippen LogP contribution in [-0.4, -0.2) is 5.97 Å². The molecule has 1 aromatic carbocycles. The lowest BCUT2D eigenvalue weighted by molar-refractivity contribution is -0.144. The van der Waals surface area contributed by atoms with Crippen LogP contribution in [0.2, 0.25) is 0 Å². The van der Waals surface area contributed by atoms with Crippen molar-refractivity contribution in [3.8, 4) is 0 Å². The van der Waals surface area contributed by atoms with Crippen LogP contribution in [0.15, 0.2) is 43.0 Å². The number of hydrogen-bond acceptors (Lipinski definition) is 2. The Morgan fingerprint density at radius 3 is 2.60 bits per heavy atom. The SMILES string of the molecule is C=CC(=O)OC(c1ccccc1)C1CC1. The van der Waals surface area contributed by atoms with E-state index in [9.17, 15) is 4.79 Å². The molecule has 78 valence electrons. The lowest BCUT2D eigenvalue weighted by atomic mass is 10.1. The van der Waals surface area contributed by atoms with E-state index in [4.69, 9.17) is 4.74 Å². The number of ether oxygens (including phenoxy) is 1. The highest BCUT2D eigenvalue weighted by molar-refractivity contribution is 5.81. The van der Waals surface area contributed by atoms with Crippen LogP contribution in [0.3, 0.4) is 0 Å². The number of benzene rings is 1. The summed E-state index contributed by atoms with van der Waals surface area (Å²) in [6, 6.07) is 9.89. The van der Waals surface area contributed by atoms with Crippen molar-refractivity contribution in [2.24, 2.45) is 5.92 Å². The quantitative estimate of drug-likeness (QED) is 0.554. The molecule has 1 fully saturated rings. The Balaban J connectivity index is 2.13. The van der Waals surface area contributed by atoms with Gasteiger partial charge in [0.15, 0.2) is 0 Å². The smallest absolute Gasteiger partial charge is 0.330 e. The first-order valence-corrected chi connectivity index (χ1v) is 5.19. The van der Waals surface area contributed by atoms with Gasteiger partial charge in [-0.2, -0.15) is 0 Å². The molecule has 0 spiro atoms. The highest BCUT2D eigenvalue weighted by atomic mass is 16.5. The van der Waals surface area contributed by atoms with Crippen LogP contribution >= 0.6 is 0 Å². The van der Waals surface area contributed by atoms with Crippen LogP contribution in [0.25, 0.3) is 0 Å². The van der Waals surface area contributed by atoms with Crippen molar-refractivity contribution in [2.75, 3.05) is 0 Å². The fraction of sp³-hybridized carbons (Fsp3) is 0.308. The largest absolute Gasteiger partial charge is 0.454 e. The predicted octanol–water partition coefficient (Wildman–Crippen LogP) is 2.87. The van der Waals surface area contributed by atoms with E-state index in [2.05, 4.69) is 6.58 Å². The Hall–Kier alpha value is -1.57. The van der Waals surface area contributed by atoms with Crippen LogP contribution in [0, 0.1) is 5.92 Å². The van der Waals surface area contributed by atoms with Gasteiger partial charge < -0.3 is 4.74 Å². The van der Waals surface area contributed by atoms with E-state index >= 15 is 0 Å². The molecular formula is C13H14O2. The molecule has 0 saturated heterocycles. The molecule has 1 aliphatic carbocycles. The molecular weight excluding hydrogens is 188 g/mol. The lowest BCUT2D eigenvalue weighted by Crippen LogP contribution is -2.10. The summed E-state index contributed by atoms with van der Waals surface area (Å²) in [7, 11) is 0. The van der Waals surface area contributed by atoms with Gasteiger partial charge in [0.05, 0.1) is 0 Å². The van der Waals surface area contributed by atoms with E-state index in [0.717, 1.165) is 18.4 Å². The van der Waals surface area contributed by atoms with Crippen molar-refractivity contribution in [1.82, 2.24) is 0 Å². The number of esters is 1. The average molecular weight is 202 g/mol. The minimum atomic E-state index is -0.337. The Bertz CT molecular complexity index is 352. The van der Waals surface area contributed by atoms with Gasteiger partial charge in [-0.15, -0.1) is 0 Å². The van der Waals surface area contributed by atoms with Gasteiger partial charge in [0.25, 0.3) is 0 Å². The first-order chi connectivity index (χ1) is 7.31. The van der Waals surface area contributed by atoms with Crippen molar-refractivity contribution >= 4 is 5.97 Å². The highest BCUT2D eigenvalue weighted by Crippen LogP contribution is 2.43. The summed E-state index contributed by atoms with van der Waals surface area (Å²) >= 11 is 0. The van der Waals surface area contributed by atoms with E-state index in [-0.39, 0.29) is 12.1 Å². The zero-order valence-corrected chi connectivity index (χ0v) is 8.56. The number of rotatable bonds is 4. The molecule has 2 nitrogen and oxygen atoms in total. The monoisotopic (exact) mass is 202 g/mol. The lowest BCUT2D eigenvalue weighted by Gasteiger charge is -2.16. The van der Waals surface area contributed by atoms with Gasteiger partial charge in [-0.05, 0) is 18.4 Å². The van der Waals surface area contributed by atoms with Crippen molar-refractivity contribution < 1.29 is 9.53 Å². The molecule has 1 atom stereocenters. The Kier molecular flexibility index (Phi) is 2.86. The van der Waals surface area contributed by atoms with Gasteiger partial charge in [0.1, 0.15) is 6.10 Å². The zero-order valence-electron chi connectivity index (χ0n) is 8.56. The fourth-order valence-corrected chi connectivity index (χ4v) is 1.65. The first kappa shape index (κ1) is 9.97. The first-order valence-electron chi connectivity index (χ1n) is 5.19. The Morgan fingerprint density at radius 2 is 2.07 bits per heavy atom. The number of carbonyl (C=O) groups is 1. The molecule has 2 heteroatoms. The molecule has 0 bridgehead atoms. The summed E-state index contributed by atoms with van der Waals surface area (Å²) < 4.78 is 5.35. The van der Waals surface area contributed by atoms with Gasteiger partial charge in [0.2, 0.25) is 0 Å². The Labute approximate surface area is 89.6 Å². The minimum Gasteiger partial charge on any atom is -0.454 e. The van der Waals surface area contributed by atoms with Crippen molar-refractivity contribution in [3.63, 3.8) is 0 Å². The standard InChI is InChI=1S/C13H14O2/c1-2-12(14)15-13(11-8-9-11)10-6-4-3-5-7-10/h2-7,11,13H,1,8-9H2. The summed E-state index contributed by atoms with van der Waals surface area (Å²) in [4.78, 5) is 11.2. The second-order valence-corrected chi connectivity index (χ2v) is 3.81. The van der Waals surface area contributed by atoms with E-state index in [0.29, 0.717) is 5.92 Å². The normalized spacial score (nSPS) is 16.8. The highest BCUT2D eigenvalue weighted by Gasteiger charge is 2.34. The molecule has 0 amide bonds. The molecule has 1 saturated carbocycles. The van der Waals surface area contributed by atoms with Gasteiger partial charge in [-0.3, -0.25) is 0 Å². The van der Waals surface area contributed by atoms with Crippen molar-refractivity contribution in [2.45, 2.75) is 18.9 Å². The van der Waals surface area contributed by atoms with Crippen molar-refractivity contribution in [3.05, 3.63) is 48.6 Å².